The molecular weight excluding hydrogens is 215 g/mol. The number of piperidine rings is 1. The summed E-state index contributed by atoms with van der Waals surface area (Å²) < 4.78 is 39.4. The minimum atomic E-state index is -1.13. The average molecular weight is 229 g/mol. The maximum Gasteiger partial charge on any atom is 0.161 e. The number of hydrogen-bond acceptors (Lipinski definition) is 1. The van der Waals surface area contributed by atoms with Gasteiger partial charge in [0.05, 0.1) is 0 Å². The van der Waals surface area contributed by atoms with Crippen molar-refractivity contribution in [2.45, 2.75) is 25.8 Å². The van der Waals surface area contributed by atoms with Crippen molar-refractivity contribution in [1.82, 2.24) is 5.32 Å². The predicted octanol–water partition coefficient (Wildman–Crippen LogP) is 3.16. The number of nitrogens with one attached hydrogen (secondary N) is 1. The Kier molecular flexibility index (Phi) is 3.19. The molecule has 0 aromatic heterocycles. The Morgan fingerprint density at radius 1 is 1.12 bits per heavy atom. The van der Waals surface area contributed by atoms with Crippen LogP contribution in [0.25, 0.3) is 0 Å². The van der Waals surface area contributed by atoms with Crippen LogP contribution in [0.4, 0.5) is 13.2 Å². The smallest absolute Gasteiger partial charge is 0.161 e. The van der Waals surface area contributed by atoms with Crippen LogP contribution < -0.4 is 5.32 Å². The Labute approximate surface area is 92.7 Å². The Morgan fingerprint density at radius 2 is 1.81 bits per heavy atom. The number of rotatable bonds is 1. The van der Waals surface area contributed by atoms with Crippen LogP contribution >= 0.6 is 0 Å². The van der Waals surface area contributed by atoms with E-state index in [2.05, 4.69) is 5.32 Å². The van der Waals surface area contributed by atoms with Crippen LogP contribution in [0.1, 0.15) is 31.4 Å². The lowest BCUT2D eigenvalue weighted by Crippen LogP contribution is -2.33. The van der Waals surface area contributed by atoms with E-state index < -0.39 is 17.5 Å². The van der Waals surface area contributed by atoms with Gasteiger partial charge in [-0.1, -0.05) is 6.92 Å². The predicted molar refractivity (Wildman–Crippen MR) is 55.5 cm³/mol. The van der Waals surface area contributed by atoms with Gasteiger partial charge in [-0.3, -0.25) is 0 Å². The molecule has 16 heavy (non-hydrogen) atoms. The minimum absolute atomic E-state index is 0.219. The molecular formula is C12H14F3N. The zero-order valence-corrected chi connectivity index (χ0v) is 9.06. The number of hydrogen-bond donors (Lipinski definition) is 1. The fourth-order valence-electron chi connectivity index (χ4n) is 2.24. The van der Waals surface area contributed by atoms with Crippen LogP contribution in [0.3, 0.4) is 0 Å². The Hall–Kier alpha value is -1.03. The molecule has 1 aliphatic heterocycles. The highest BCUT2D eigenvalue weighted by atomic mass is 19.2. The molecule has 0 bridgehead atoms. The summed E-state index contributed by atoms with van der Waals surface area (Å²) in [7, 11) is 0. The van der Waals surface area contributed by atoms with E-state index in [0.29, 0.717) is 6.07 Å². The molecule has 1 aromatic carbocycles. The van der Waals surface area contributed by atoms with Crippen molar-refractivity contribution in [2.24, 2.45) is 5.92 Å². The summed E-state index contributed by atoms with van der Waals surface area (Å²) in [4.78, 5) is 0. The summed E-state index contributed by atoms with van der Waals surface area (Å²) in [6.45, 7) is 2.77. The minimum Gasteiger partial charge on any atom is -0.310 e. The molecule has 2 atom stereocenters. The Balaban J connectivity index is 2.35. The van der Waals surface area contributed by atoms with Gasteiger partial charge in [-0.2, -0.15) is 0 Å². The van der Waals surface area contributed by atoms with Gasteiger partial charge >= 0.3 is 0 Å². The quantitative estimate of drug-likeness (QED) is 0.729. The van der Waals surface area contributed by atoms with E-state index in [4.69, 9.17) is 0 Å². The summed E-state index contributed by atoms with van der Waals surface area (Å²) in [6.07, 6.45) is 2.00. The van der Waals surface area contributed by atoms with Gasteiger partial charge in [0.2, 0.25) is 0 Å². The molecule has 1 nitrogen and oxygen atoms in total. The first-order valence-corrected chi connectivity index (χ1v) is 5.47. The molecule has 1 N–H and O–H groups in total. The van der Waals surface area contributed by atoms with Crippen molar-refractivity contribution in [3.63, 3.8) is 0 Å². The van der Waals surface area contributed by atoms with Gasteiger partial charge in [0, 0.05) is 17.7 Å². The molecule has 4 heteroatoms. The Morgan fingerprint density at radius 3 is 2.50 bits per heavy atom. The van der Waals surface area contributed by atoms with Crippen LogP contribution in [0.2, 0.25) is 0 Å². The van der Waals surface area contributed by atoms with Crippen molar-refractivity contribution in [3.8, 4) is 0 Å². The van der Waals surface area contributed by atoms with E-state index in [9.17, 15) is 13.2 Å². The van der Waals surface area contributed by atoms with Crippen LogP contribution in [-0.4, -0.2) is 6.54 Å². The topological polar surface area (TPSA) is 12.0 Å². The molecule has 1 aromatic rings. The zero-order valence-electron chi connectivity index (χ0n) is 9.06. The molecule has 0 aliphatic carbocycles. The zero-order chi connectivity index (χ0) is 11.7. The summed E-state index contributed by atoms with van der Waals surface area (Å²) in [6, 6.07) is 1.36. The second-order valence-electron chi connectivity index (χ2n) is 4.34. The van der Waals surface area contributed by atoms with Crippen LogP contribution in [-0.2, 0) is 0 Å². The van der Waals surface area contributed by atoms with E-state index in [-0.39, 0.29) is 17.5 Å². The van der Waals surface area contributed by atoms with Gasteiger partial charge < -0.3 is 5.32 Å². The fraction of sp³-hybridized carbons (Fsp3) is 0.500. The second kappa shape index (κ2) is 4.45. The maximum atomic E-state index is 13.5. The first-order valence-electron chi connectivity index (χ1n) is 5.47. The van der Waals surface area contributed by atoms with E-state index in [1.54, 1.807) is 0 Å². The monoisotopic (exact) mass is 229 g/mol. The first kappa shape index (κ1) is 11.5. The standard InChI is InChI=1S/C12H14F3N/c1-7-3-2-4-16-12(7)8-5-10(14)11(15)6-9(8)13/h5-7,12,16H,2-4H2,1H3. The lowest BCUT2D eigenvalue weighted by Gasteiger charge is -2.30. The van der Waals surface area contributed by atoms with E-state index in [1.807, 2.05) is 6.92 Å². The third-order valence-corrected chi connectivity index (χ3v) is 3.14. The number of halogens is 3. The lowest BCUT2D eigenvalue weighted by atomic mass is 9.87. The van der Waals surface area contributed by atoms with Crippen LogP contribution in [0.15, 0.2) is 12.1 Å². The fourth-order valence-corrected chi connectivity index (χ4v) is 2.24. The average Bonchev–Trinajstić information content (AvgIpc) is 2.25. The Bertz CT molecular complexity index is 392. The second-order valence-corrected chi connectivity index (χ2v) is 4.34. The molecule has 0 spiro atoms. The third-order valence-electron chi connectivity index (χ3n) is 3.14. The van der Waals surface area contributed by atoms with Gasteiger partial charge in [0.1, 0.15) is 5.82 Å². The largest absolute Gasteiger partial charge is 0.310 e. The highest BCUT2D eigenvalue weighted by Crippen LogP contribution is 2.31. The first-order chi connectivity index (χ1) is 7.59. The van der Waals surface area contributed by atoms with Gasteiger partial charge in [-0.25, -0.2) is 13.2 Å². The van der Waals surface area contributed by atoms with Crippen LogP contribution in [0.5, 0.6) is 0 Å². The van der Waals surface area contributed by atoms with Gasteiger partial charge in [-0.05, 0) is 31.4 Å². The van der Waals surface area contributed by atoms with Crippen LogP contribution in [0, 0.1) is 23.4 Å². The molecule has 2 unspecified atom stereocenters. The highest BCUT2D eigenvalue weighted by molar-refractivity contribution is 5.24. The SMILES string of the molecule is CC1CCCNC1c1cc(F)c(F)cc1F. The van der Waals surface area contributed by atoms with Crippen molar-refractivity contribution in [3.05, 3.63) is 35.1 Å². The molecule has 2 rings (SSSR count). The van der Waals surface area contributed by atoms with Gasteiger partial charge in [-0.15, -0.1) is 0 Å². The van der Waals surface area contributed by atoms with Gasteiger partial charge in [0.25, 0.3) is 0 Å². The molecule has 1 saturated heterocycles. The molecule has 0 amide bonds. The molecule has 1 aliphatic rings. The number of benzene rings is 1. The molecule has 88 valence electrons. The van der Waals surface area contributed by atoms with Crippen molar-refractivity contribution < 1.29 is 13.2 Å². The lowest BCUT2D eigenvalue weighted by molar-refractivity contribution is 0.297. The van der Waals surface area contributed by atoms with Crippen molar-refractivity contribution >= 4 is 0 Å². The molecule has 0 saturated carbocycles. The normalized spacial score (nSPS) is 25.8. The molecule has 1 fully saturated rings. The maximum absolute atomic E-state index is 13.5. The summed E-state index contributed by atoms with van der Waals surface area (Å²) in [5, 5.41) is 3.14. The molecule has 1 heterocycles. The van der Waals surface area contributed by atoms with Crippen molar-refractivity contribution in [2.75, 3.05) is 6.54 Å². The van der Waals surface area contributed by atoms with Gasteiger partial charge in [0.15, 0.2) is 11.6 Å². The highest BCUT2D eigenvalue weighted by Gasteiger charge is 2.26. The molecule has 0 radical (unpaired) electrons. The van der Waals surface area contributed by atoms with E-state index in [0.717, 1.165) is 25.5 Å². The summed E-state index contributed by atoms with van der Waals surface area (Å²) >= 11 is 0. The van der Waals surface area contributed by atoms with E-state index in [1.165, 1.54) is 0 Å². The summed E-state index contributed by atoms with van der Waals surface area (Å²) in [5.74, 6) is -2.57. The third kappa shape index (κ3) is 2.07. The van der Waals surface area contributed by atoms with E-state index >= 15 is 0 Å². The summed E-state index contributed by atoms with van der Waals surface area (Å²) in [5.41, 5.74) is 0.228. The van der Waals surface area contributed by atoms with Crippen molar-refractivity contribution in [1.29, 1.82) is 0 Å².